The summed E-state index contributed by atoms with van der Waals surface area (Å²) in [6, 6.07) is 5.18. The number of halogens is 3. The number of hydrogen-bond donors (Lipinski definition) is 4. The number of aliphatic hydroxyl groups is 1. The SMILES string of the molecule is CNc1nc(Cl)nc(NC(CCO)CNc2cccc(Cl)c2Cl)n1. The highest BCUT2D eigenvalue weighted by Gasteiger charge is 2.13. The van der Waals surface area contributed by atoms with Crippen LogP contribution in [-0.4, -0.2) is 46.3 Å². The van der Waals surface area contributed by atoms with Crippen LogP contribution in [0, 0.1) is 0 Å². The summed E-state index contributed by atoms with van der Waals surface area (Å²) >= 11 is 18.0. The lowest BCUT2D eigenvalue weighted by atomic mass is 10.2. The van der Waals surface area contributed by atoms with Crippen molar-refractivity contribution in [1.82, 2.24) is 15.0 Å². The van der Waals surface area contributed by atoms with Gasteiger partial charge in [0, 0.05) is 26.2 Å². The Bertz CT molecular complexity index is 688. The maximum absolute atomic E-state index is 9.26. The summed E-state index contributed by atoms with van der Waals surface area (Å²) in [7, 11) is 1.68. The average molecular weight is 392 g/mol. The van der Waals surface area contributed by atoms with Crippen LogP contribution in [0.1, 0.15) is 6.42 Å². The lowest BCUT2D eigenvalue weighted by molar-refractivity contribution is 0.280. The van der Waals surface area contributed by atoms with Crippen LogP contribution < -0.4 is 16.0 Å². The Balaban J connectivity index is 2.06. The molecule has 0 radical (unpaired) electrons. The normalized spacial score (nSPS) is 11.9. The third-order valence-corrected chi connectivity index (χ3v) is 4.12. The number of nitrogens with one attached hydrogen (secondary N) is 3. The second-order valence-corrected chi connectivity index (χ2v) is 5.96. The third-order valence-electron chi connectivity index (χ3n) is 3.13. The van der Waals surface area contributed by atoms with Crippen LogP contribution in [0.5, 0.6) is 0 Å². The van der Waals surface area contributed by atoms with E-state index in [2.05, 4.69) is 30.9 Å². The minimum Gasteiger partial charge on any atom is -0.396 e. The molecule has 0 aliphatic heterocycles. The van der Waals surface area contributed by atoms with Crippen LogP contribution in [0.3, 0.4) is 0 Å². The highest BCUT2D eigenvalue weighted by molar-refractivity contribution is 6.43. The number of anilines is 3. The quantitative estimate of drug-likeness (QED) is 0.549. The Kier molecular flexibility index (Phi) is 7.11. The maximum atomic E-state index is 9.26. The van der Waals surface area contributed by atoms with E-state index in [9.17, 15) is 5.11 Å². The van der Waals surface area contributed by atoms with Gasteiger partial charge in [0.2, 0.25) is 17.2 Å². The molecule has 4 N–H and O–H groups in total. The fourth-order valence-corrected chi connectivity index (χ4v) is 2.49. The molecule has 2 aromatic rings. The van der Waals surface area contributed by atoms with Gasteiger partial charge in [-0.15, -0.1) is 0 Å². The fourth-order valence-electron chi connectivity index (χ4n) is 1.96. The van der Waals surface area contributed by atoms with E-state index in [0.717, 1.165) is 0 Å². The molecular weight excluding hydrogens is 375 g/mol. The molecule has 7 nitrogen and oxygen atoms in total. The zero-order chi connectivity index (χ0) is 17.5. The molecule has 0 saturated carbocycles. The van der Waals surface area contributed by atoms with E-state index in [4.69, 9.17) is 34.8 Å². The van der Waals surface area contributed by atoms with Crippen LogP contribution in [0.4, 0.5) is 17.6 Å². The minimum absolute atomic E-state index is 0.000323. The Labute approximate surface area is 154 Å². The van der Waals surface area contributed by atoms with Gasteiger partial charge in [-0.2, -0.15) is 15.0 Å². The van der Waals surface area contributed by atoms with Crippen molar-refractivity contribution in [3.63, 3.8) is 0 Å². The number of aromatic nitrogens is 3. The van der Waals surface area contributed by atoms with E-state index in [1.54, 1.807) is 19.2 Å². The number of hydrogen-bond acceptors (Lipinski definition) is 7. The molecule has 0 fully saturated rings. The zero-order valence-electron chi connectivity index (χ0n) is 12.9. The van der Waals surface area contributed by atoms with Gasteiger partial charge in [0.05, 0.1) is 15.7 Å². The lowest BCUT2D eigenvalue weighted by Gasteiger charge is -2.20. The average Bonchev–Trinajstić information content (AvgIpc) is 2.55. The topological polar surface area (TPSA) is 95.0 Å². The molecule has 24 heavy (non-hydrogen) atoms. The molecule has 0 aliphatic rings. The van der Waals surface area contributed by atoms with E-state index >= 15 is 0 Å². The van der Waals surface area contributed by atoms with Gasteiger partial charge in [0.1, 0.15) is 0 Å². The van der Waals surface area contributed by atoms with Crippen LogP contribution in [0.15, 0.2) is 18.2 Å². The van der Waals surface area contributed by atoms with Crippen molar-refractivity contribution < 1.29 is 5.11 Å². The molecule has 1 heterocycles. The summed E-state index contributed by atoms with van der Waals surface area (Å²) in [6.07, 6.45) is 0.476. The Morgan fingerprint density at radius 1 is 1.12 bits per heavy atom. The zero-order valence-corrected chi connectivity index (χ0v) is 15.1. The van der Waals surface area contributed by atoms with Gasteiger partial charge in [0.15, 0.2) is 0 Å². The standard InChI is InChI=1S/C14H17Cl3N6O/c1-18-13-21-12(17)22-14(23-13)20-8(5-6-24)7-19-10-4-2-3-9(15)11(10)16/h2-4,8,19,24H,5-7H2,1H3,(H2,18,20,21,22,23). The van der Waals surface area contributed by atoms with Crippen LogP contribution in [0.2, 0.25) is 15.3 Å². The third kappa shape index (κ3) is 5.24. The Morgan fingerprint density at radius 3 is 2.58 bits per heavy atom. The lowest BCUT2D eigenvalue weighted by Crippen LogP contribution is -2.30. The first-order valence-corrected chi connectivity index (χ1v) is 8.31. The van der Waals surface area contributed by atoms with E-state index < -0.39 is 0 Å². The van der Waals surface area contributed by atoms with Crippen LogP contribution in [-0.2, 0) is 0 Å². The van der Waals surface area contributed by atoms with Crippen molar-refractivity contribution in [1.29, 1.82) is 0 Å². The van der Waals surface area contributed by atoms with Crippen molar-refractivity contribution in [3.8, 4) is 0 Å². The van der Waals surface area contributed by atoms with Crippen molar-refractivity contribution in [2.75, 3.05) is 36.1 Å². The highest BCUT2D eigenvalue weighted by atomic mass is 35.5. The Hall–Kier alpha value is -1.54. The molecule has 1 aromatic heterocycles. The summed E-state index contributed by atoms with van der Waals surface area (Å²) in [6.45, 7) is 0.471. The molecule has 1 atom stereocenters. The second kappa shape index (κ2) is 9.08. The van der Waals surface area contributed by atoms with Gasteiger partial charge >= 0.3 is 0 Å². The predicted octanol–water partition coefficient (Wildman–Crippen LogP) is 3.15. The summed E-state index contributed by atoms with van der Waals surface area (Å²) in [4.78, 5) is 12.1. The molecule has 1 unspecified atom stereocenters. The summed E-state index contributed by atoms with van der Waals surface area (Å²) < 4.78 is 0. The Morgan fingerprint density at radius 2 is 1.88 bits per heavy atom. The predicted molar refractivity (Wildman–Crippen MR) is 98.4 cm³/mol. The first-order chi connectivity index (χ1) is 11.5. The number of nitrogens with zero attached hydrogens (tertiary/aromatic N) is 3. The molecule has 0 spiro atoms. The number of aliphatic hydroxyl groups excluding tert-OH is 1. The molecule has 1 aromatic carbocycles. The van der Waals surface area contributed by atoms with Crippen LogP contribution in [0.25, 0.3) is 0 Å². The fraction of sp³-hybridized carbons (Fsp3) is 0.357. The number of benzene rings is 1. The first kappa shape index (κ1) is 18.8. The summed E-state index contributed by atoms with van der Waals surface area (Å²) in [5.74, 6) is 0.669. The largest absolute Gasteiger partial charge is 0.396 e. The number of rotatable bonds is 8. The monoisotopic (exact) mass is 390 g/mol. The molecule has 0 saturated heterocycles. The van der Waals surface area contributed by atoms with E-state index in [0.29, 0.717) is 40.6 Å². The van der Waals surface area contributed by atoms with Crippen molar-refractivity contribution in [3.05, 3.63) is 33.5 Å². The van der Waals surface area contributed by atoms with Crippen molar-refractivity contribution in [2.45, 2.75) is 12.5 Å². The smallest absolute Gasteiger partial charge is 0.229 e. The van der Waals surface area contributed by atoms with E-state index in [1.807, 2.05) is 6.07 Å². The second-order valence-electron chi connectivity index (χ2n) is 4.84. The van der Waals surface area contributed by atoms with Crippen molar-refractivity contribution >= 4 is 52.4 Å². The molecule has 10 heteroatoms. The van der Waals surface area contributed by atoms with Crippen LogP contribution >= 0.6 is 34.8 Å². The highest BCUT2D eigenvalue weighted by Crippen LogP contribution is 2.29. The van der Waals surface area contributed by atoms with Gasteiger partial charge < -0.3 is 21.1 Å². The molecular formula is C14H17Cl3N6O. The van der Waals surface area contributed by atoms with Gasteiger partial charge in [-0.3, -0.25) is 0 Å². The summed E-state index contributed by atoms with van der Waals surface area (Å²) in [5, 5.41) is 19.4. The molecule has 2 rings (SSSR count). The summed E-state index contributed by atoms with van der Waals surface area (Å²) in [5.41, 5.74) is 0.707. The van der Waals surface area contributed by atoms with Gasteiger partial charge in [-0.05, 0) is 30.2 Å². The molecule has 0 amide bonds. The maximum Gasteiger partial charge on any atom is 0.229 e. The van der Waals surface area contributed by atoms with Crippen molar-refractivity contribution in [2.24, 2.45) is 0 Å². The van der Waals surface area contributed by atoms with Gasteiger partial charge in [-0.25, -0.2) is 0 Å². The van der Waals surface area contributed by atoms with E-state index in [-0.39, 0.29) is 17.9 Å². The molecule has 130 valence electrons. The van der Waals surface area contributed by atoms with Gasteiger partial charge in [0.25, 0.3) is 0 Å². The molecule has 0 bridgehead atoms. The van der Waals surface area contributed by atoms with E-state index in [1.165, 1.54) is 0 Å². The van der Waals surface area contributed by atoms with Gasteiger partial charge in [-0.1, -0.05) is 29.3 Å². The first-order valence-electron chi connectivity index (χ1n) is 7.18. The minimum atomic E-state index is -0.159. The molecule has 0 aliphatic carbocycles.